The molecule has 114 valence electrons. The summed E-state index contributed by atoms with van der Waals surface area (Å²) in [6.07, 6.45) is 1.91. The van der Waals surface area contributed by atoms with E-state index in [0.29, 0.717) is 11.5 Å². The molecule has 0 unspecified atom stereocenters. The largest absolute Gasteiger partial charge is 0.396 e. The molecule has 20 heavy (non-hydrogen) atoms. The van der Waals surface area contributed by atoms with Gasteiger partial charge >= 0.3 is 0 Å². The van der Waals surface area contributed by atoms with Crippen LogP contribution in [0, 0.1) is 0 Å². The Balaban J connectivity index is 3.30. The van der Waals surface area contributed by atoms with Crippen LogP contribution in [0.5, 0.6) is 0 Å². The number of unbranched alkanes of at least 4 members (excludes halogenated alkanes) is 1. The quantitative estimate of drug-likeness (QED) is 0.664. The number of hydrogen-bond donors (Lipinski definition) is 3. The fourth-order valence-electron chi connectivity index (χ4n) is 1.66. The second-order valence-corrected chi connectivity index (χ2v) is 7.50. The molecule has 1 amide bonds. The Labute approximate surface area is 123 Å². The van der Waals surface area contributed by atoms with Crippen LogP contribution < -0.4 is 16.4 Å². The molecule has 1 heterocycles. The maximum atomic E-state index is 12.2. The SMILES string of the molecule is CCCCNc1sc(C(=O)NC)c(N)c1S(=O)(=O)CC. The molecule has 0 bridgehead atoms. The molecule has 1 aromatic rings. The minimum atomic E-state index is -3.47. The monoisotopic (exact) mass is 319 g/mol. The van der Waals surface area contributed by atoms with E-state index in [1.807, 2.05) is 6.92 Å². The van der Waals surface area contributed by atoms with Crippen molar-refractivity contribution in [3.8, 4) is 0 Å². The number of hydrogen-bond acceptors (Lipinski definition) is 6. The van der Waals surface area contributed by atoms with Crippen molar-refractivity contribution < 1.29 is 13.2 Å². The second-order valence-electron chi connectivity index (χ2n) is 4.27. The molecule has 0 aliphatic carbocycles. The molecular formula is C12H21N3O3S2. The minimum Gasteiger partial charge on any atom is -0.396 e. The maximum absolute atomic E-state index is 12.2. The Bertz CT molecular complexity index is 579. The summed E-state index contributed by atoms with van der Waals surface area (Å²) in [5.41, 5.74) is 5.91. The molecule has 4 N–H and O–H groups in total. The number of nitrogens with one attached hydrogen (secondary N) is 2. The van der Waals surface area contributed by atoms with Gasteiger partial charge in [0.1, 0.15) is 14.8 Å². The lowest BCUT2D eigenvalue weighted by atomic mass is 10.3. The summed E-state index contributed by atoms with van der Waals surface area (Å²) in [5.74, 6) is -0.424. The second kappa shape index (κ2) is 6.94. The highest BCUT2D eigenvalue weighted by Crippen LogP contribution is 2.39. The molecule has 0 fully saturated rings. The van der Waals surface area contributed by atoms with Gasteiger partial charge in [-0.1, -0.05) is 20.3 Å². The highest BCUT2D eigenvalue weighted by atomic mass is 32.2. The molecule has 0 aliphatic rings. The number of nitrogens with two attached hydrogens (primary N) is 1. The smallest absolute Gasteiger partial charge is 0.263 e. The van der Waals surface area contributed by atoms with Gasteiger partial charge < -0.3 is 16.4 Å². The predicted molar refractivity (Wildman–Crippen MR) is 83.2 cm³/mol. The third-order valence-electron chi connectivity index (χ3n) is 2.84. The van der Waals surface area contributed by atoms with E-state index in [0.717, 1.165) is 24.2 Å². The molecule has 0 saturated heterocycles. The van der Waals surface area contributed by atoms with Gasteiger partial charge in [-0.25, -0.2) is 8.42 Å². The maximum Gasteiger partial charge on any atom is 0.263 e. The first-order chi connectivity index (χ1) is 9.38. The zero-order valence-electron chi connectivity index (χ0n) is 11.9. The van der Waals surface area contributed by atoms with Crippen molar-refractivity contribution in [1.29, 1.82) is 0 Å². The van der Waals surface area contributed by atoms with Crippen molar-refractivity contribution in [3.05, 3.63) is 4.88 Å². The first-order valence-electron chi connectivity index (χ1n) is 6.49. The number of sulfone groups is 1. The van der Waals surface area contributed by atoms with E-state index in [1.54, 1.807) is 6.92 Å². The summed E-state index contributed by atoms with van der Waals surface area (Å²) in [6, 6.07) is 0. The highest BCUT2D eigenvalue weighted by Gasteiger charge is 2.28. The highest BCUT2D eigenvalue weighted by molar-refractivity contribution is 7.91. The van der Waals surface area contributed by atoms with E-state index < -0.39 is 9.84 Å². The first-order valence-corrected chi connectivity index (χ1v) is 8.96. The zero-order chi connectivity index (χ0) is 15.3. The van der Waals surface area contributed by atoms with Crippen LogP contribution in [0.3, 0.4) is 0 Å². The van der Waals surface area contributed by atoms with Crippen LogP contribution in [0.1, 0.15) is 36.4 Å². The number of nitrogen functional groups attached to an aromatic ring is 1. The van der Waals surface area contributed by atoms with Gasteiger partial charge in [0.05, 0.1) is 11.4 Å². The normalized spacial score (nSPS) is 11.3. The van der Waals surface area contributed by atoms with Gasteiger partial charge in [-0.3, -0.25) is 4.79 Å². The number of carbonyl (C=O) groups is 1. The van der Waals surface area contributed by atoms with E-state index in [4.69, 9.17) is 5.73 Å². The van der Waals surface area contributed by atoms with Gasteiger partial charge in [-0.05, 0) is 6.42 Å². The molecule has 0 spiro atoms. The molecule has 0 aliphatic heterocycles. The molecular weight excluding hydrogens is 298 g/mol. The van der Waals surface area contributed by atoms with Crippen LogP contribution in [-0.2, 0) is 9.84 Å². The van der Waals surface area contributed by atoms with Crippen LogP contribution in [0.2, 0.25) is 0 Å². The van der Waals surface area contributed by atoms with Crippen LogP contribution >= 0.6 is 11.3 Å². The molecule has 0 radical (unpaired) electrons. The van der Waals surface area contributed by atoms with Gasteiger partial charge in [-0.2, -0.15) is 0 Å². The Morgan fingerprint density at radius 3 is 2.50 bits per heavy atom. The topological polar surface area (TPSA) is 101 Å². The molecule has 6 nitrogen and oxygen atoms in total. The van der Waals surface area contributed by atoms with Crippen LogP contribution in [-0.4, -0.2) is 33.7 Å². The average Bonchev–Trinajstić information content (AvgIpc) is 2.76. The minimum absolute atomic E-state index is 0.0372. The van der Waals surface area contributed by atoms with Gasteiger partial charge in [-0.15, -0.1) is 11.3 Å². The van der Waals surface area contributed by atoms with Crippen LogP contribution in [0.25, 0.3) is 0 Å². The summed E-state index contributed by atoms with van der Waals surface area (Å²) in [6.45, 7) is 4.25. The molecule has 8 heteroatoms. The Morgan fingerprint density at radius 2 is 2.00 bits per heavy atom. The van der Waals surface area contributed by atoms with E-state index in [-0.39, 0.29) is 27.1 Å². The summed E-state index contributed by atoms with van der Waals surface area (Å²) in [7, 11) is -1.99. The van der Waals surface area contributed by atoms with E-state index in [1.165, 1.54) is 7.05 Å². The lowest BCUT2D eigenvalue weighted by Gasteiger charge is -2.07. The standard InChI is InChI=1S/C12H21N3O3S2/c1-4-6-7-15-12-10(20(17,18)5-2)8(13)9(19-12)11(16)14-3/h15H,4-7,13H2,1-3H3,(H,14,16). The van der Waals surface area contributed by atoms with Crippen molar-refractivity contribution in [2.24, 2.45) is 0 Å². The third kappa shape index (κ3) is 3.43. The fraction of sp³-hybridized carbons (Fsp3) is 0.583. The summed E-state index contributed by atoms with van der Waals surface area (Å²) in [4.78, 5) is 12.0. The van der Waals surface area contributed by atoms with Gasteiger partial charge in [0.25, 0.3) is 5.91 Å². The van der Waals surface area contributed by atoms with Crippen molar-refractivity contribution in [2.45, 2.75) is 31.6 Å². The lowest BCUT2D eigenvalue weighted by Crippen LogP contribution is -2.18. The van der Waals surface area contributed by atoms with E-state index in [2.05, 4.69) is 10.6 Å². The summed E-state index contributed by atoms with van der Waals surface area (Å²) in [5, 5.41) is 6.00. The van der Waals surface area contributed by atoms with Crippen molar-refractivity contribution in [2.75, 3.05) is 30.4 Å². The van der Waals surface area contributed by atoms with Crippen LogP contribution in [0.15, 0.2) is 4.90 Å². The molecule has 0 saturated carbocycles. The number of carbonyl (C=O) groups excluding carboxylic acids is 1. The Hall–Kier alpha value is -1.28. The molecule has 1 rings (SSSR count). The zero-order valence-corrected chi connectivity index (χ0v) is 13.6. The fourth-order valence-corrected chi connectivity index (χ4v) is 4.30. The Morgan fingerprint density at radius 1 is 1.35 bits per heavy atom. The summed E-state index contributed by atoms with van der Waals surface area (Å²) < 4.78 is 24.3. The molecule has 0 aromatic carbocycles. The predicted octanol–water partition coefficient (Wildman–Crippen LogP) is 1.70. The number of amides is 1. The van der Waals surface area contributed by atoms with Gasteiger partial charge in [0.15, 0.2) is 9.84 Å². The van der Waals surface area contributed by atoms with Crippen molar-refractivity contribution in [1.82, 2.24) is 5.32 Å². The van der Waals surface area contributed by atoms with Crippen LogP contribution in [0.4, 0.5) is 10.7 Å². The van der Waals surface area contributed by atoms with E-state index in [9.17, 15) is 13.2 Å². The third-order valence-corrected chi connectivity index (χ3v) is 5.94. The number of rotatable bonds is 7. The molecule has 0 atom stereocenters. The Kier molecular flexibility index (Phi) is 5.82. The van der Waals surface area contributed by atoms with Gasteiger partial charge in [0.2, 0.25) is 0 Å². The first kappa shape index (κ1) is 16.8. The average molecular weight is 319 g/mol. The number of thiophene rings is 1. The number of anilines is 2. The summed E-state index contributed by atoms with van der Waals surface area (Å²) >= 11 is 1.08. The van der Waals surface area contributed by atoms with E-state index >= 15 is 0 Å². The van der Waals surface area contributed by atoms with Gasteiger partial charge in [0, 0.05) is 13.6 Å². The van der Waals surface area contributed by atoms with Crippen molar-refractivity contribution >= 4 is 37.8 Å². The lowest BCUT2D eigenvalue weighted by molar-refractivity contribution is 0.0968. The van der Waals surface area contributed by atoms with Crippen molar-refractivity contribution in [3.63, 3.8) is 0 Å². The molecule has 1 aromatic heterocycles.